The fourth-order valence-corrected chi connectivity index (χ4v) is 3.64. The van der Waals surface area contributed by atoms with Crippen LogP contribution in [0.1, 0.15) is 5.69 Å². The molecule has 0 unspecified atom stereocenters. The van der Waals surface area contributed by atoms with Crippen LogP contribution in [0.2, 0.25) is 0 Å². The Bertz CT molecular complexity index is 769. The molecule has 1 aliphatic rings. The molecular formula is C15H17BrFN5O3S. The molecule has 26 heavy (non-hydrogen) atoms. The lowest BCUT2D eigenvalue weighted by Gasteiger charge is -2.26. The van der Waals surface area contributed by atoms with E-state index in [9.17, 15) is 9.60 Å². The van der Waals surface area contributed by atoms with Gasteiger partial charge in [0.2, 0.25) is 5.84 Å². The summed E-state index contributed by atoms with van der Waals surface area (Å²) in [4.78, 5) is 2.30. The Morgan fingerprint density at radius 3 is 2.92 bits per heavy atom. The molecule has 8 nitrogen and oxygen atoms in total. The van der Waals surface area contributed by atoms with E-state index in [2.05, 4.69) is 41.6 Å². The third-order valence-corrected chi connectivity index (χ3v) is 5.25. The van der Waals surface area contributed by atoms with Gasteiger partial charge in [-0.15, -0.1) is 0 Å². The van der Waals surface area contributed by atoms with E-state index in [4.69, 9.17) is 9.37 Å². The fraction of sp³-hybridized carbons (Fsp3) is 0.400. The number of ether oxygens (including phenoxy) is 1. The van der Waals surface area contributed by atoms with Crippen molar-refractivity contribution in [2.75, 3.05) is 43.9 Å². The topological polar surface area (TPSA) is 96.0 Å². The van der Waals surface area contributed by atoms with Crippen molar-refractivity contribution >= 4 is 39.2 Å². The third kappa shape index (κ3) is 4.93. The maximum atomic E-state index is 13.3. The highest BCUT2D eigenvalue weighted by molar-refractivity contribution is 9.10. The number of oxime groups is 1. The zero-order valence-corrected chi connectivity index (χ0v) is 16.1. The number of rotatable bonds is 6. The number of nitrogens with zero attached hydrogens (tertiary/aromatic N) is 4. The Labute approximate surface area is 161 Å². The number of amidine groups is 1. The van der Waals surface area contributed by atoms with Crippen LogP contribution in [0.3, 0.4) is 0 Å². The molecular weight excluding hydrogens is 429 g/mol. The van der Waals surface area contributed by atoms with Gasteiger partial charge in [0.05, 0.1) is 17.7 Å². The molecule has 0 bridgehead atoms. The zero-order valence-electron chi connectivity index (χ0n) is 13.7. The van der Waals surface area contributed by atoms with E-state index in [0.29, 0.717) is 16.4 Å². The predicted octanol–water partition coefficient (Wildman–Crippen LogP) is 2.64. The molecule has 0 atom stereocenters. The van der Waals surface area contributed by atoms with Crippen LogP contribution in [0.25, 0.3) is 0 Å². The second kappa shape index (κ2) is 9.31. The summed E-state index contributed by atoms with van der Waals surface area (Å²) in [5.41, 5.74) is 0.818. The molecule has 3 rings (SSSR count). The highest BCUT2D eigenvalue weighted by Crippen LogP contribution is 2.23. The molecule has 1 aromatic heterocycles. The maximum Gasteiger partial charge on any atom is 0.202 e. The van der Waals surface area contributed by atoms with Gasteiger partial charge in [-0.05, 0) is 44.4 Å². The van der Waals surface area contributed by atoms with Crippen LogP contribution in [-0.2, 0) is 4.74 Å². The molecule has 11 heteroatoms. The average molecular weight is 446 g/mol. The molecule has 2 heterocycles. The van der Waals surface area contributed by atoms with Gasteiger partial charge in [-0.25, -0.2) is 9.02 Å². The van der Waals surface area contributed by atoms with Crippen LogP contribution in [0, 0.1) is 5.82 Å². The van der Waals surface area contributed by atoms with Crippen molar-refractivity contribution in [3.05, 3.63) is 34.2 Å². The summed E-state index contributed by atoms with van der Waals surface area (Å²) in [6.07, 6.45) is 0. The number of thioether (sulfide) groups is 1. The number of halogens is 2. The molecule has 0 spiro atoms. The van der Waals surface area contributed by atoms with E-state index in [1.807, 2.05) is 0 Å². The van der Waals surface area contributed by atoms with Gasteiger partial charge in [0.1, 0.15) is 5.82 Å². The Hall–Kier alpha value is -1.69. The quantitative estimate of drug-likeness (QED) is 0.230. The summed E-state index contributed by atoms with van der Waals surface area (Å²) in [5.74, 6) is 0.460. The molecule has 0 saturated carbocycles. The van der Waals surface area contributed by atoms with E-state index in [1.54, 1.807) is 0 Å². The lowest BCUT2D eigenvalue weighted by atomic mass is 10.3. The average Bonchev–Trinajstić information content (AvgIpc) is 3.12. The van der Waals surface area contributed by atoms with E-state index >= 15 is 0 Å². The summed E-state index contributed by atoms with van der Waals surface area (Å²) in [6, 6.07) is 4.34. The van der Waals surface area contributed by atoms with Gasteiger partial charge in [-0.1, -0.05) is 16.9 Å². The monoisotopic (exact) mass is 445 g/mol. The zero-order chi connectivity index (χ0) is 18.4. The fourth-order valence-electron chi connectivity index (χ4n) is 2.36. The van der Waals surface area contributed by atoms with Crippen LogP contribution in [0.4, 0.5) is 10.1 Å². The molecule has 140 valence electrons. The Balaban J connectivity index is 1.62. The first-order valence-electron chi connectivity index (χ1n) is 7.87. The molecule has 0 amide bonds. The molecule has 1 aliphatic heterocycles. The van der Waals surface area contributed by atoms with Crippen LogP contribution in [-0.4, -0.2) is 64.9 Å². The largest absolute Gasteiger partial charge is 0.409 e. The lowest BCUT2D eigenvalue weighted by molar-refractivity contribution is 0.0410. The highest BCUT2D eigenvalue weighted by atomic mass is 79.9. The molecule has 0 aliphatic carbocycles. The van der Waals surface area contributed by atoms with Gasteiger partial charge in [-0.2, -0.15) is 0 Å². The van der Waals surface area contributed by atoms with Gasteiger partial charge in [0, 0.05) is 31.1 Å². The molecule has 1 saturated heterocycles. The van der Waals surface area contributed by atoms with E-state index in [1.165, 1.54) is 30.0 Å². The lowest BCUT2D eigenvalue weighted by Crippen LogP contribution is -2.37. The SMILES string of the molecule is O/N=C(\Nc1ccc(F)c(Br)c1)c1nonc1SCCN1CCOCC1. The number of nitrogens with one attached hydrogen (secondary N) is 1. The minimum absolute atomic E-state index is 0.0682. The Morgan fingerprint density at radius 1 is 1.38 bits per heavy atom. The van der Waals surface area contributed by atoms with E-state index in [0.717, 1.165) is 38.6 Å². The van der Waals surface area contributed by atoms with Crippen molar-refractivity contribution in [3.8, 4) is 0 Å². The van der Waals surface area contributed by atoms with Gasteiger partial charge in [0.25, 0.3) is 0 Å². The molecule has 1 fully saturated rings. The predicted molar refractivity (Wildman–Crippen MR) is 98.3 cm³/mol. The van der Waals surface area contributed by atoms with Crippen LogP contribution in [0.15, 0.2) is 37.5 Å². The van der Waals surface area contributed by atoms with Crippen LogP contribution in [0.5, 0.6) is 0 Å². The third-order valence-electron chi connectivity index (χ3n) is 3.72. The van der Waals surface area contributed by atoms with Crippen molar-refractivity contribution in [2.24, 2.45) is 5.16 Å². The van der Waals surface area contributed by atoms with Crippen molar-refractivity contribution in [3.63, 3.8) is 0 Å². The first-order chi connectivity index (χ1) is 12.7. The first-order valence-corrected chi connectivity index (χ1v) is 9.65. The summed E-state index contributed by atoms with van der Waals surface area (Å²) in [7, 11) is 0. The number of benzene rings is 1. The highest BCUT2D eigenvalue weighted by Gasteiger charge is 2.19. The number of morpholine rings is 1. The van der Waals surface area contributed by atoms with Gasteiger partial charge < -0.3 is 15.3 Å². The summed E-state index contributed by atoms with van der Waals surface area (Å²) >= 11 is 4.57. The first kappa shape index (κ1) is 19.1. The van der Waals surface area contributed by atoms with Crippen molar-refractivity contribution in [1.29, 1.82) is 0 Å². The van der Waals surface area contributed by atoms with Crippen molar-refractivity contribution < 1.29 is 19.0 Å². The normalized spacial score (nSPS) is 16.0. The van der Waals surface area contributed by atoms with Crippen LogP contribution < -0.4 is 5.32 Å². The minimum atomic E-state index is -0.388. The standard InChI is InChI=1S/C15H17BrFN5O3S/c16-11-9-10(1-2-12(11)17)18-14(19-23)13-15(21-25-20-13)26-8-5-22-3-6-24-7-4-22/h1-2,9,23H,3-8H2,(H,18,19). The number of aromatic nitrogens is 2. The van der Waals surface area contributed by atoms with Crippen LogP contribution >= 0.6 is 27.7 Å². The summed E-state index contributed by atoms with van der Waals surface area (Å²) < 4.78 is 23.8. The van der Waals surface area contributed by atoms with Crippen molar-refractivity contribution in [1.82, 2.24) is 15.2 Å². The molecule has 2 N–H and O–H groups in total. The maximum absolute atomic E-state index is 13.3. The number of anilines is 1. The van der Waals surface area contributed by atoms with Crippen molar-refractivity contribution in [2.45, 2.75) is 5.03 Å². The Kier molecular flexibility index (Phi) is 6.83. The molecule has 2 aromatic rings. The van der Waals surface area contributed by atoms with Gasteiger partial charge in [0.15, 0.2) is 10.7 Å². The second-order valence-corrected chi connectivity index (χ2v) is 7.36. The number of hydrogen-bond donors (Lipinski definition) is 2. The molecule has 1 aromatic carbocycles. The summed E-state index contributed by atoms with van der Waals surface area (Å²) in [5, 5.41) is 23.6. The second-order valence-electron chi connectivity index (χ2n) is 5.42. The molecule has 0 radical (unpaired) electrons. The van der Waals surface area contributed by atoms with Gasteiger partial charge >= 0.3 is 0 Å². The van der Waals surface area contributed by atoms with E-state index in [-0.39, 0.29) is 16.1 Å². The summed E-state index contributed by atoms with van der Waals surface area (Å²) in [6.45, 7) is 4.20. The van der Waals surface area contributed by atoms with E-state index < -0.39 is 0 Å². The number of hydrogen-bond acceptors (Lipinski definition) is 8. The Morgan fingerprint density at radius 2 is 2.19 bits per heavy atom. The smallest absolute Gasteiger partial charge is 0.202 e. The minimum Gasteiger partial charge on any atom is -0.409 e. The van der Waals surface area contributed by atoms with Gasteiger partial charge in [-0.3, -0.25) is 4.90 Å².